The smallest absolute Gasteiger partial charge is 0.247 e. The number of hydrogen-bond acceptors (Lipinski definition) is 4. The van der Waals surface area contributed by atoms with Gasteiger partial charge in [0.15, 0.2) is 0 Å². The van der Waals surface area contributed by atoms with Crippen LogP contribution < -0.4 is 15.5 Å². The molecule has 0 spiro atoms. The molecule has 3 aromatic rings. The lowest BCUT2D eigenvalue weighted by molar-refractivity contribution is -0.120. The molecule has 2 N–H and O–H groups in total. The van der Waals surface area contributed by atoms with E-state index in [2.05, 4.69) is 64.3 Å². The number of nitrogens with one attached hydrogen (secondary N) is 2. The predicted molar refractivity (Wildman–Crippen MR) is 126 cm³/mol. The quantitative estimate of drug-likeness (QED) is 0.628. The number of benzene rings is 2. The van der Waals surface area contributed by atoms with E-state index in [1.807, 2.05) is 6.07 Å². The topological polar surface area (TPSA) is 62.2 Å². The third-order valence-electron chi connectivity index (χ3n) is 6.79. The molecule has 2 aromatic carbocycles. The molecule has 6 rings (SSSR count). The van der Waals surface area contributed by atoms with Crippen molar-refractivity contribution in [2.24, 2.45) is 5.92 Å². The normalized spacial score (nSPS) is 20.5. The molecule has 2 fully saturated rings. The van der Waals surface area contributed by atoms with E-state index in [-0.39, 0.29) is 17.9 Å². The van der Waals surface area contributed by atoms with E-state index in [9.17, 15) is 4.79 Å². The van der Waals surface area contributed by atoms with Gasteiger partial charge in [-0.15, -0.1) is 0 Å². The molecule has 160 valence electrons. The number of hydrogen-bond donors (Lipinski definition) is 2. The highest BCUT2D eigenvalue weighted by Gasteiger charge is 2.33. The largest absolute Gasteiger partial charge is 0.382 e. The molecule has 1 saturated heterocycles. The van der Waals surface area contributed by atoms with Gasteiger partial charge in [0.2, 0.25) is 5.91 Å². The summed E-state index contributed by atoms with van der Waals surface area (Å²) >= 11 is 0. The van der Waals surface area contributed by atoms with Crippen molar-refractivity contribution in [2.75, 3.05) is 28.6 Å². The first-order valence-electron chi connectivity index (χ1n) is 11.6. The lowest BCUT2D eigenvalue weighted by Crippen LogP contribution is -2.28. The monoisotopic (exact) mass is 415 g/mol. The molecule has 6 heteroatoms. The third kappa shape index (κ3) is 3.16. The van der Waals surface area contributed by atoms with Crippen molar-refractivity contribution >= 4 is 34.0 Å². The summed E-state index contributed by atoms with van der Waals surface area (Å²) in [6, 6.07) is 13.0. The fourth-order valence-electron chi connectivity index (χ4n) is 5.05. The van der Waals surface area contributed by atoms with Crippen LogP contribution in [0.15, 0.2) is 36.4 Å². The van der Waals surface area contributed by atoms with E-state index in [4.69, 9.17) is 4.98 Å². The van der Waals surface area contributed by atoms with E-state index in [0.29, 0.717) is 6.04 Å². The van der Waals surface area contributed by atoms with Crippen LogP contribution in [-0.4, -0.2) is 34.6 Å². The van der Waals surface area contributed by atoms with Crippen molar-refractivity contribution in [1.82, 2.24) is 9.55 Å². The third-order valence-corrected chi connectivity index (χ3v) is 6.79. The first kappa shape index (κ1) is 18.7. The van der Waals surface area contributed by atoms with Gasteiger partial charge in [0, 0.05) is 36.1 Å². The van der Waals surface area contributed by atoms with Crippen LogP contribution in [-0.2, 0) is 4.79 Å². The zero-order valence-corrected chi connectivity index (χ0v) is 18.2. The Morgan fingerprint density at radius 3 is 2.65 bits per heavy atom. The van der Waals surface area contributed by atoms with E-state index < -0.39 is 0 Å². The first-order chi connectivity index (χ1) is 15.1. The van der Waals surface area contributed by atoms with E-state index in [0.717, 1.165) is 46.9 Å². The Hall–Kier alpha value is -3.02. The molecule has 1 amide bonds. The zero-order valence-electron chi connectivity index (χ0n) is 18.2. The number of amides is 1. The molecule has 6 nitrogen and oxygen atoms in total. The van der Waals surface area contributed by atoms with Crippen LogP contribution in [0.2, 0.25) is 0 Å². The average Bonchev–Trinajstić information content (AvgIpc) is 3.28. The van der Waals surface area contributed by atoms with Crippen LogP contribution in [0.3, 0.4) is 0 Å². The van der Waals surface area contributed by atoms with Crippen molar-refractivity contribution in [3.05, 3.63) is 36.4 Å². The van der Waals surface area contributed by atoms with Crippen LogP contribution in [0.5, 0.6) is 0 Å². The molecule has 31 heavy (non-hydrogen) atoms. The van der Waals surface area contributed by atoms with Crippen LogP contribution in [0, 0.1) is 5.92 Å². The number of imidazole rings is 1. The van der Waals surface area contributed by atoms with Crippen LogP contribution in [0.4, 0.5) is 17.1 Å². The summed E-state index contributed by atoms with van der Waals surface area (Å²) in [6.45, 7) is 6.42. The average molecular weight is 416 g/mol. The lowest BCUT2D eigenvalue weighted by Gasteiger charge is -2.22. The summed E-state index contributed by atoms with van der Waals surface area (Å²) in [7, 11) is 0. The highest BCUT2D eigenvalue weighted by Crippen LogP contribution is 2.41. The van der Waals surface area contributed by atoms with Crippen molar-refractivity contribution in [1.29, 1.82) is 0 Å². The van der Waals surface area contributed by atoms with E-state index in [1.165, 1.54) is 31.4 Å². The molecular weight excluding hydrogens is 386 g/mol. The maximum atomic E-state index is 13.3. The molecular formula is C25H29N5O. The molecule has 3 aliphatic rings. The SMILES string of the molecule is CC(C)C1C(=O)Nc2ccc(NC3CC3)cc2-c2nc3cc(N4CCCC4)ccc3n21. The van der Waals surface area contributed by atoms with Gasteiger partial charge in [0.25, 0.3) is 0 Å². The summed E-state index contributed by atoms with van der Waals surface area (Å²) in [6.07, 6.45) is 4.94. The number of aromatic nitrogens is 2. The summed E-state index contributed by atoms with van der Waals surface area (Å²) < 4.78 is 2.16. The summed E-state index contributed by atoms with van der Waals surface area (Å²) in [5.41, 5.74) is 6.14. The fourth-order valence-corrected chi connectivity index (χ4v) is 5.05. The molecule has 1 saturated carbocycles. The summed E-state index contributed by atoms with van der Waals surface area (Å²) in [5, 5.41) is 6.75. The van der Waals surface area contributed by atoms with Crippen molar-refractivity contribution in [3.63, 3.8) is 0 Å². The van der Waals surface area contributed by atoms with Gasteiger partial charge in [-0.2, -0.15) is 0 Å². The highest BCUT2D eigenvalue weighted by molar-refractivity contribution is 6.02. The minimum Gasteiger partial charge on any atom is -0.382 e. The molecule has 0 radical (unpaired) electrons. The second-order valence-electron chi connectivity index (χ2n) is 9.53. The van der Waals surface area contributed by atoms with Crippen molar-refractivity contribution < 1.29 is 4.79 Å². The Labute approximate surface area is 182 Å². The number of rotatable bonds is 4. The Morgan fingerprint density at radius 1 is 1.10 bits per heavy atom. The van der Waals surface area contributed by atoms with Gasteiger partial charge >= 0.3 is 0 Å². The predicted octanol–water partition coefficient (Wildman–Crippen LogP) is 5.03. The molecule has 3 heterocycles. The maximum absolute atomic E-state index is 13.3. The van der Waals surface area contributed by atoms with Gasteiger partial charge in [0.1, 0.15) is 11.9 Å². The first-order valence-corrected chi connectivity index (χ1v) is 11.6. The minimum absolute atomic E-state index is 0.0285. The molecule has 0 bridgehead atoms. The second kappa shape index (κ2) is 7.01. The van der Waals surface area contributed by atoms with Gasteiger partial charge in [-0.3, -0.25) is 4.79 Å². The van der Waals surface area contributed by atoms with E-state index in [1.54, 1.807) is 0 Å². The number of nitrogens with zero attached hydrogens (tertiary/aromatic N) is 3. The number of carbonyl (C=O) groups excluding carboxylic acids is 1. The number of fused-ring (bicyclic) bond motifs is 5. The molecule has 1 atom stereocenters. The number of carbonyl (C=O) groups is 1. The Morgan fingerprint density at radius 2 is 1.90 bits per heavy atom. The van der Waals surface area contributed by atoms with Gasteiger partial charge in [-0.25, -0.2) is 4.98 Å². The zero-order chi connectivity index (χ0) is 21.1. The molecule has 1 aliphatic carbocycles. The minimum atomic E-state index is -0.301. The Kier molecular flexibility index (Phi) is 4.23. The second-order valence-corrected chi connectivity index (χ2v) is 9.53. The Bertz CT molecular complexity index is 1170. The van der Waals surface area contributed by atoms with Gasteiger partial charge in [-0.05, 0) is 68.0 Å². The van der Waals surface area contributed by atoms with Gasteiger partial charge < -0.3 is 20.1 Å². The van der Waals surface area contributed by atoms with Crippen LogP contribution in [0.25, 0.3) is 22.4 Å². The lowest BCUT2D eigenvalue weighted by atomic mass is 10.0. The fraction of sp³-hybridized carbons (Fsp3) is 0.440. The standard InChI is InChI=1S/C25H29N5O/c1-15(2)23-25(31)28-20-9-7-17(26-16-5-6-16)13-19(20)24-27-21-14-18(29-11-3-4-12-29)8-10-22(21)30(23)24/h7-10,13-16,23,26H,3-6,11-12H2,1-2H3,(H,28,31). The molecule has 1 aromatic heterocycles. The van der Waals surface area contributed by atoms with Gasteiger partial charge in [-0.1, -0.05) is 13.8 Å². The van der Waals surface area contributed by atoms with E-state index >= 15 is 0 Å². The Balaban J connectivity index is 1.55. The summed E-state index contributed by atoms with van der Waals surface area (Å²) in [5.74, 6) is 1.05. The highest BCUT2D eigenvalue weighted by atomic mass is 16.2. The van der Waals surface area contributed by atoms with Crippen LogP contribution >= 0.6 is 0 Å². The van der Waals surface area contributed by atoms with Crippen LogP contribution in [0.1, 0.15) is 45.6 Å². The summed E-state index contributed by atoms with van der Waals surface area (Å²) in [4.78, 5) is 20.8. The number of anilines is 3. The van der Waals surface area contributed by atoms with Crippen molar-refractivity contribution in [2.45, 2.75) is 51.6 Å². The van der Waals surface area contributed by atoms with Crippen molar-refractivity contribution in [3.8, 4) is 11.4 Å². The van der Waals surface area contributed by atoms with Gasteiger partial charge in [0.05, 0.1) is 16.7 Å². The maximum Gasteiger partial charge on any atom is 0.247 e. The molecule has 2 aliphatic heterocycles. The molecule has 1 unspecified atom stereocenters.